The number of hydrogen-bond acceptors (Lipinski definition) is 3. The molecule has 2 aromatic carbocycles. The van der Waals surface area contributed by atoms with E-state index in [9.17, 15) is 8.42 Å². The zero-order chi connectivity index (χ0) is 18.0. The lowest BCUT2D eigenvalue weighted by Crippen LogP contribution is -2.42. The summed E-state index contributed by atoms with van der Waals surface area (Å²) in [7, 11) is -3.50. The second kappa shape index (κ2) is 7.28. The Kier molecular flexibility index (Phi) is 5.27. The topological polar surface area (TPSA) is 46.6 Å². The summed E-state index contributed by atoms with van der Waals surface area (Å²) in [4.78, 5) is 0.349. The SMILES string of the molecule is Cc1ccc(C2CN(S(=O)(=O)c3ccc(C(C)C)cc3)CCO2)cc1. The maximum atomic E-state index is 13.0. The number of hydrogen-bond donors (Lipinski definition) is 0. The zero-order valence-corrected chi connectivity index (χ0v) is 15.8. The maximum absolute atomic E-state index is 13.0. The van der Waals surface area contributed by atoms with Crippen LogP contribution in [0.4, 0.5) is 0 Å². The first-order chi connectivity index (χ1) is 11.9. The number of ether oxygens (including phenoxy) is 1. The molecular formula is C20H25NO3S. The first kappa shape index (κ1) is 18.1. The zero-order valence-electron chi connectivity index (χ0n) is 15.0. The number of nitrogens with zero attached hydrogens (tertiary/aromatic N) is 1. The van der Waals surface area contributed by atoms with E-state index >= 15 is 0 Å². The molecule has 5 heteroatoms. The van der Waals surface area contributed by atoms with Crippen LogP contribution in [0.15, 0.2) is 53.4 Å². The fourth-order valence-corrected chi connectivity index (χ4v) is 4.43. The summed E-state index contributed by atoms with van der Waals surface area (Å²) >= 11 is 0. The smallest absolute Gasteiger partial charge is 0.243 e. The highest BCUT2D eigenvalue weighted by Crippen LogP contribution is 2.27. The highest BCUT2D eigenvalue weighted by atomic mass is 32.2. The van der Waals surface area contributed by atoms with Crippen molar-refractivity contribution in [2.24, 2.45) is 0 Å². The lowest BCUT2D eigenvalue weighted by molar-refractivity contribution is -0.00256. The Morgan fingerprint density at radius 2 is 1.68 bits per heavy atom. The molecule has 1 atom stereocenters. The fraction of sp³-hybridized carbons (Fsp3) is 0.400. The molecule has 1 saturated heterocycles. The molecule has 0 saturated carbocycles. The van der Waals surface area contributed by atoms with Crippen LogP contribution in [0.2, 0.25) is 0 Å². The summed E-state index contributed by atoms with van der Waals surface area (Å²) in [6, 6.07) is 15.3. The van der Waals surface area contributed by atoms with Crippen molar-refractivity contribution in [2.45, 2.75) is 37.7 Å². The van der Waals surface area contributed by atoms with E-state index in [1.54, 1.807) is 12.1 Å². The van der Waals surface area contributed by atoms with E-state index < -0.39 is 10.0 Å². The van der Waals surface area contributed by atoms with E-state index in [0.29, 0.717) is 30.5 Å². The standard InChI is InChI=1S/C20H25NO3S/c1-15(2)17-8-10-19(11-9-17)25(22,23)21-12-13-24-20(14-21)18-6-4-16(3)5-7-18/h4-11,15,20H,12-14H2,1-3H3. The molecule has 25 heavy (non-hydrogen) atoms. The monoisotopic (exact) mass is 359 g/mol. The first-order valence-corrected chi connectivity index (χ1v) is 10.1. The van der Waals surface area contributed by atoms with Crippen molar-refractivity contribution < 1.29 is 13.2 Å². The van der Waals surface area contributed by atoms with Gasteiger partial charge in [0.15, 0.2) is 0 Å². The summed E-state index contributed by atoms with van der Waals surface area (Å²) in [6.07, 6.45) is -0.223. The van der Waals surface area contributed by atoms with Crippen LogP contribution in [0.3, 0.4) is 0 Å². The number of aryl methyl sites for hydroxylation is 1. The average Bonchev–Trinajstić information content (AvgIpc) is 2.62. The van der Waals surface area contributed by atoms with E-state index in [-0.39, 0.29) is 6.10 Å². The Labute approximate surface area is 150 Å². The molecule has 0 aromatic heterocycles. The van der Waals surface area contributed by atoms with Crippen molar-refractivity contribution in [3.63, 3.8) is 0 Å². The van der Waals surface area contributed by atoms with E-state index in [1.807, 2.05) is 43.3 Å². The predicted molar refractivity (Wildman–Crippen MR) is 99.2 cm³/mol. The number of morpholine rings is 1. The quantitative estimate of drug-likeness (QED) is 0.832. The van der Waals surface area contributed by atoms with E-state index in [4.69, 9.17) is 4.74 Å². The second-order valence-electron chi connectivity index (χ2n) is 6.86. The van der Waals surface area contributed by atoms with Gasteiger partial charge >= 0.3 is 0 Å². The lowest BCUT2D eigenvalue weighted by atomic mass is 10.0. The fourth-order valence-electron chi connectivity index (χ4n) is 3.00. The van der Waals surface area contributed by atoms with Gasteiger partial charge in [0.05, 0.1) is 17.6 Å². The van der Waals surface area contributed by atoms with Crippen LogP contribution in [0.25, 0.3) is 0 Å². The van der Waals surface area contributed by atoms with Crippen LogP contribution in [0.1, 0.15) is 42.6 Å². The summed E-state index contributed by atoms with van der Waals surface area (Å²) < 4.78 is 33.3. The molecule has 0 N–H and O–H groups in total. The molecule has 0 radical (unpaired) electrons. The molecule has 1 heterocycles. The van der Waals surface area contributed by atoms with Gasteiger partial charge in [0.1, 0.15) is 0 Å². The van der Waals surface area contributed by atoms with Gasteiger partial charge < -0.3 is 4.74 Å². The minimum absolute atomic E-state index is 0.223. The molecule has 0 spiro atoms. The van der Waals surface area contributed by atoms with Gasteiger partial charge in [-0.1, -0.05) is 55.8 Å². The van der Waals surface area contributed by atoms with Crippen LogP contribution in [-0.4, -0.2) is 32.4 Å². The van der Waals surface area contributed by atoms with Gasteiger partial charge in [-0.2, -0.15) is 4.31 Å². The van der Waals surface area contributed by atoms with Gasteiger partial charge in [0, 0.05) is 13.1 Å². The Morgan fingerprint density at radius 1 is 1.04 bits per heavy atom. The third-order valence-electron chi connectivity index (χ3n) is 4.66. The van der Waals surface area contributed by atoms with Gasteiger partial charge in [0.25, 0.3) is 0 Å². The van der Waals surface area contributed by atoms with Crippen molar-refractivity contribution in [1.82, 2.24) is 4.31 Å². The molecule has 4 nitrogen and oxygen atoms in total. The molecule has 134 valence electrons. The van der Waals surface area contributed by atoms with Gasteiger partial charge in [0.2, 0.25) is 10.0 Å². The normalized spacial score (nSPS) is 19.3. The molecule has 1 aliphatic heterocycles. The van der Waals surface area contributed by atoms with Gasteiger partial charge in [-0.05, 0) is 36.1 Å². The summed E-state index contributed by atoms with van der Waals surface area (Å²) in [5.74, 6) is 0.381. The lowest BCUT2D eigenvalue weighted by Gasteiger charge is -2.32. The summed E-state index contributed by atoms with van der Waals surface area (Å²) in [6.45, 7) is 7.36. The van der Waals surface area contributed by atoms with Crippen molar-refractivity contribution >= 4 is 10.0 Å². The van der Waals surface area contributed by atoms with Crippen molar-refractivity contribution in [3.8, 4) is 0 Å². The largest absolute Gasteiger partial charge is 0.371 e. The molecule has 1 aliphatic rings. The third-order valence-corrected chi connectivity index (χ3v) is 6.54. The third kappa shape index (κ3) is 3.94. The van der Waals surface area contributed by atoms with E-state index in [0.717, 1.165) is 11.1 Å². The highest BCUT2D eigenvalue weighted by Gasteiger charge is 2.31. The van der Waals surface area contributed by atoms with Gasteiger partial charge in [-0.25, -0.2) is 8.42 Å². The van der Waals surface area contributed by atoms with Crippen LogP contribution < -0.4 is 0 Å². The summed E-state index contributed by atoms with van der Waals surface area (Å²) in [5, 5.41) is 0. The van der Waals surface area contributed by atoms with Gasteiger partial charge in [-0.15, -0.1) is 0 Å². The first-order valence-electron chi connectivity index (χ1n) is 8.66. The van der Waals surface area contributed by atoms with Crippen LogP contribution in [0.5, 0.6) is 0 Å². The average molecular weight is 359 g/mol. The summed E-state index contributed by atoms with van der Waals surface area (Å²) in [5.41, 5.74) is 3.33. The Bertz CT molecular complexity index is 811. The molecule has 0 amide bonds. The Hall–Kier alpha value is -1.69. The molecule has 2 aromatic rings. The maximum Gasteiger partial charge on any atom is 0.243 e. The number of sulfonamides is 1. The Morgan fingerprint density at radius 3 is 2.28 bits per heavy atom. The number of rotatable bonds is 4. The minimum atomic E-state index is -3.50. The second-order valence-corrected chi connectivity index (χ2v) is 8.79. The predicted octanol–water partition coefficient (Wildman–Crippen LogP) is 3.88. The minimum Gasteiger partial charge on any atom is -0.371 e. The van der Waals surface area contributed by atoms with Crippen LogP contribution >= 0.6 is 0 Å². The highest BCUT2D eigenvalue weighted by molar-refractivity contribution is 7.89. The molecule has 0 bridgehead atoms. The number of benzene rings is 2. The molecule has 3 rings (SSSR count). The van der Waals surface area contributed by atoms with E-state index in [1.165, 1.54) is 9.87 Å². The molecule has 1 unspecified atom stereocenters. The van der Waals surface area contributed by atoms with Gasteiger partial charge in [-0.3, -0.25) is 0 Å². The van der Waals surface area contributed by atoms with Crippen molar-refractivity contribution in [1.29, 1.82) is 0 Å². The molecule has 1 fully saturated rings. The molecule has 0 aliphatic carbocycles. The van der Waals surface area contributed by atoms with E-state index in [2.05, 4.69) is 13.8 Å². The van der Waals surface area contributed by atoms with Crippen LogP contribution in [0, 0.1) is 6.92 Å². The van der Waals surface area contributed by atoms with Crippen molar-refractivity contribution in [2.75, 3.05) is 19.7 Å². The molecular weight excluding hydrogens is 334 g/mol. The van der Waals surface area contributed by atoms with Crippen LogP contribution in [-0.2, 0) is 14.8 Å². The van der Waals surface area contributed by atoms with Crippen molar-refractivity contribution in [3.05, 3.63) is 65.2 Å². The Balaban J connectivity index is 1.80.